The second-order valence-corrected chi connectivity index (χ2v) is 6.57. The minimum atomic E-state index is 0.297. The molecule has 1 aliphatic heterocycles. The van der Waals surface area contributed by atoms with Gasteiger partial charge in [-0.25, -0.2) is 0 Å². The van der Waals surface area contributed by atoms with Crippen molar-refractivity contribution in [2.24, 2.45) is 16.8 Å². The number of nitriles is 1. The van der Waals surface area contributed by atoms with E-state index in [1.165, 1.54) is 36.3 Å². The molecular formula is C16H24N2S. The first-order chi connectivity index (χ1) is 9.33. The standard InChI is InChI=1S/C16H24N2S/c1-2-3-4-5-14-11-18-16(19-12-14)15-8-6-13(10-17)7-9-15/h12-13,15H,2-9,11H2,1H3. The third-order valence-electron chi connectivity index (χ3n) is 4.14. The number of unbranched alkanes of at least 4 members (excludes halogenated alkanes) is 2. The summed E-state index contributed by atoms with van der Waals surface area (Å²) >= 11 is 1.85. The third-order valence-corrected chi connectivity index (χ3v) is 5.30. The average molecular weight is 276 g/mol. The average Bonchev–Trinajstić information content (AvgIpc) is 2.48. The minimum Gasteiger partial charge on any atom is -0.278 e. The van der Waals surface area contributed by atoms with Gasteiger partial charge in [0.15, 0.2) is 0 Å². The zero-order chi connectivity index (χ0) is 13.5. The van der Waals surface area contributed by atoms with E-state index in [0.29, 0.717) is 11.8 Å². The van der Waals surface area contributed by atoms with E-state index < -0.39 is 0 Å². The highest BCUT2D eigenvalue weighted by Crippen LogP contribution is 2.34. The summed E-state index contributed by atoms with van der Waals surface area (Å²) in [5, 5.41) is 12.6. The van der Waals surface area contributed by atoms with Crippen LogP contribution in [0.15, 0.2) is 16.0 Å². The molecule has 0 bridgehead atoms. The van der Waals surface area contributed by atoms with E-state index in [1.54, 1.807) is 0 Å². The number of hydrogen-bond acceptors (Lipinski definition) is 3. The largest absolute Gasteiger partial charge is 0.278 e. The van der Waals surface area contributed by atoms with Crippen molar-refractivity contribution in [2.75, 3.05) is 6.54 Å². The van der Waals surface area contributed by atoms with Gasteiger partial charge in [0.1, 0.15) is 0 Å². The molecule has 0 aromatic heterocycles. The van der Waals surface area contributed by atoms with Crippen molar-refractivity contribution < 1.29 is 0 Å². The number of hydrogen-bond donors (Lipinski definition) is 0. The number of nitrogens with zero attached hydrogens (tertiary/aromatic N) is 2. The Labute approximate surface area is 121 Å². The molecule has 0 aromatic rings. The van der Waals surface area contributed by atoms with Gasteiger partial charge in [-0.05, 0) is 49.5 Å². The Morgan fingerprint density at radius 1 is 1.32 bits per heavy atom. The van der Waals surface area contributed by atoms with Crippen molar-refractivity contribution in [1.82, 2.24) is 0 Å². The van der Waals surface area contributed by atoms with Gasteiger partial charge in [0, 0.05) is 11.8 Å². The van der Waals surface area contributed by atoms with Crippen LogP contribution in [0.5, 0.6) is 0 Å². The van der Waals surface area contributed by atoms with Crippen LogP contribution in [0.25, 0.3) is 0 Å². The summed E-state index contributed by atoms with van der Waals surface area (Å²) in [6.07, 6.45) is 9.58. The molecule has 2 rings (SSSR count). The van der Waals surface area contributed by atoms with E-state index in [2.05, 4.69) is 18.4 Å². The summed E-state index contributed by atoms with van der Waals surface area (Å²) in [7, 11) is 0. The van der Waals surface area contributed by atoms with Crippen LogP contribution in [0.4, 0.5) is 0 Å². The fourth-order valence-electron chi connectivity index (χ4n) is 2.83. The molecule has 3 heteroatoms. The van der Waals surface area contributed by atoms with Crippen LogP contribution < -0.4 is 0 Å². The molecule has 0 N–H and O–H groups in total. The lowest BCUT2D eigenvalue weighted by atomic mass is 9.83. The molecule has 0 unspecified atom stereocenters. The highest BCUT2D eigenvalue weighted by atomic mass is 32.2. The van der Waals surface area contributed by atoms with Crippen LogP contribution in [0, 0.1) is 23.2 Å². The highest BCUT2D eigenvalue weighted by Gasteiger charge is 2.25. The number of aliphatic imine (C=N–C) groups is 1. The summed E-state index contributed by atoms with van der Waals surface area (Å²) in [5.41, 5.74) is 1.51. The monoisotopic (exact) mass is 276 g/mol. The second-order valence-electron chi connectivity index (χ2n) is 5.68. The highest BCUT2D eigenvalue weighted by molar-refractivity contribution is 8.16. The molecular weight excluding hydrogens is 252 g/mol. The molecule has 1 heterocycles. The zero-order valence-electron chi connectivity index (χ0n) is 11.9. The smallest absolute Gasteiger partial charge is 0.0752 e. The van der Waals surface area contributed by atoms with Gasteiger partial charge in [-0.3, -0.25) is 4.99 Å². The molecule has 1 fully saturated rings. The zero-order valence-corrected chi connectivity index (χ0v) is 12.7. The first kappa shape index (κ1) is 14.7. The molecule has 2 aliphatic rings. The molecule has 1 aliphatic carbocycles. The van der Waals surface area contributed by atoms with Crippen LogP contribution in [0.3, 0.4) is 0 Å². The van der Waals surface area contributed by atoms with E-state index in [1.807, 2.05) is 11.8 Å². The minimum absolute atomic E-state index is 0.297. The van der Waals surface area contributed by atoms with Gasteiger partial charge in [0.2, 0.25) is 0 Å². The first-order valence-corrected chi connectivity index (χ1v) is 8.50. The van der Waals surface area contributed by atoms with Crippen LogP contribution in [0.2, 0.25) is 0 Å². The van der Waals surface area contributed by atoms with Gasteiger partial charge >= 0.3 is 0 Å². The lowest BCUT2D eigenvalue weighted by Gasteiger charge is -2.26. The fraction of sp³-hybridized carbons (Fsp3) is 0.750. The van der Waals surface area contributed by atoms with E-state index in [-0.39, 0.29) is 0 Å². The quantitative estimate of drug-likeness (QED) is 0.668. The Balaban J connectivity index is 1.75. The maximum absolute atomic E-state index is 8.93. The van der Waals surface area contributed by atoms with Crippen molar-refractivity contribution >= 4 is 16.8 Å². The molecule has 1 saturated carbocycles. The third kappa shape index (κ3) is 4.38. The van der Waals surface area contributed by atoms with E-state index >= 15 is 0 Å². The number of thioether (sulfide) groups is 1. The molecule has 0 saturated heterocycles. The van der Waals surface area contributed by atoms with Crippen LogP contribution in [-0.4, -0.2) is 11.6 Å². The topological polar surface area (TPSA) is 36.1 Å². The van der Waals surface area contributed by atoms with Crippen LogP contribution in [-0.2, 0) is 0 Å². The van der Waals surface area contributed by atoms with Crippen molar-refractivity contribution in [2.45, 2.75) is 58.3 Å². The molecule has 0 aromatic carbocycles. The molecule has 104 valence electrons. The van der Waals surface area contributed by atoms with Crippen molar-refractivity contribution in [3.8, 4) is 6.07 Å². The maximum Gasteiger partial charge on any atom is 0.0752 e. The summed E-state index contributed by atoms with van der Waals surface area (Å²) in [4.78, 5) is 4.79. The molecule has 19 heavy (non-hydrogen) atoms. The summed E-state index contributed by atoms with van der Waals surface area (Å²) < 4.78 is 0. The Kier molecular flexibility index (Phi) is 5.97. The van der Waals surface area contributed by atoms with Crippen LogP contribution >= 0.6 is 11.8 Å². The summed E-state index contributed by atoms with van der Waals surface area (Å²) in [5.74, 6) is 0.925. The molecule has 0 radical (unpaired) electrons. The van der Waals surface area contributed by atoms with Gasteiger partial charge in [0.25, 0.3) is 0 Å². The van der Waals surface area contributed by atoms with E-state index in [0.717, 1.165) is 32.2 Å². The molecule has 0 amide bonds. The summed E-state index contributed by atoms with van der Waals surface area (Å²) in [6.45, 7) is 3.17. The Bertz CT molecular complexity index is 384. The van der Waals surface area contributed by atoms with Gasteiger partial charge in [-0.2, -0.15) is 5.26 Å². The maximum atomic E-state index is 8.93. The van der Waals surface area contributed by atoms with Crippen molar-refractivity contribution in [1.29, 1.82) is 5.26 Å². The van der Waals surface area contributed by atoms with Crippen LogP contribution in [0.1, 0.15) is 58.3 Å². The van der Waals surface area contributed by atoms with Gasteiger partial charge in [0.05, 0.1) is 17.7 Å². The Morgan fingerprint density at radius 3 is 2.68 bits per heavy atom. The second kappa shape index (κ2) is 7.75. The molecule has 0 spiro atoms. The van der Waals surface area contributed by atoms with Gasteiger partial charge in [-0.1, -0.05) is 31.5 Å². The Hall–Kier alpha value is -0.750. The van der Waals surface area contributed by atoms with Crippen molar-refractivity contribution in [3.63, 3.8) is 0 Å². The van der Waals surface area contributed by atoms with Crippen molar-refractivity contribution in [3.05, 3.63) is 11.0 Å². The predicted molar refractivity (Wildman–Crippen MR) is 83.2 cm³/mol. The lowest BCUT2D eigenvalue weighted by molar-refractivity contribution is 0.380. The number of rotatable bonds is 5. The lowest BCUT2D eigenvalue weighted by Crippen LogP contribution is -2.20. The predicted octanol–water partition coefficient (Wildman–Crippen LogP) is 4.93. The van der Waals surface area contributed by atoms with Gasteiger partial charge < -0.3 is 0 Å². The fourth-order valence-corrected chi connectivity index (χ4v) is 3.88. The SMILES string of the molecule is CCCCCC1=CSC(C2CCC(C#N)CC2)=NC1. The molecule has 2 nitrogen and oxygen atoms in total. The van der Waals surface area contributed by atoms with E-state index in [4.69, 9.17) is 10.3 Å². The van der Waals surface area contributed by atoms with E-state index in [9.17, 15) is 0 Å². The summed E-state index contributed by atoms with van der Waals surface area (Å²) in [6, 6.07) is 2.40. The molecule has 0 atom stereocenters. The Morgan fingerprint density at radius 2 is 2.11 bits per heavy atom. The first-order valence-electron chi connectivity index (χ1n) is 7.62. The van der Waals surface area contributed by atoms with Gasteiger partial charge in [-0.15, -0.1) is 0 Å². The normalized spacial score (nSPS) is 27.4.